The molecule has 2 aromatic carbocycles. The van der Waals surface area contributed by atoms with Gasteiger partial charge in [-0.2, -0.15) is 4.31 Å². The Kier molecular flexibility index (Phi) is 6.70. The maximum Gasteiger partial charge on any atom is 0.339 e. The molecule has 160 valence electrons. The molecule has 0 bridgehead atoms. The highest BCUT2D eigenvalue weighted by Gasteiger charge is 2.26. The van der Waals surface area contributed by atoms with Gasteiger partial charge in [-0.25, -0.2) is 13.2 Å². The number of rotatable bonds is 6. The number of hydrogen-bond acceptors (Lipinski definition) is 7. The zero-order valence-electron chi connectivity index (χ0n) is 16.3. The number of ether oxygens (including phenoxy) is 2. The van der Waals surface area contributed by atoms with Crippen LogP contribution in [-0.2, 0) is 24.3 Å². The van der Waals surface area contributed by atoms with Crippen LogP contribution in [0.2, 0.25) is 0 Å². The molecule has 3 rings (SSSR count). The van der Waals surface area contributed by atoms with Crippen LogP contribution < -0.4 is 5.32 Å². The van der Waals surface area contributed by atoms with E-state index in [0.29, 0.717) is 32.0 Å². The maximum absolute atomic E-state index is 12.6. The third-order valence-corrected chi connectivity index (χ3v) is 6.38. The van der Waals surface area contributed by atoms with Crippen molar-refractivity contribution in [3.05, 3.63) is 54.1 Å². The van der Waals surface area contributed by atoms with E-state index in [1.54, 1.807) is 0 Å². The van der Waals surface area contributed by atoms with E-state index in [1.807, 2.05) is 0 Å². The van der Waals surface area contributed by atoms with Gasteiger partial charge in [0.25, 0.3) is 5.91 Å². The van der Waals surface area contributed by atoms with Gasteiger partial charge in [-0.1, -0.05) is 6.07 Å². The molecule has 10 heteroatoms. The van der Waals surface area contributed by atoms with Gasteiger partial charge in [0.2, 0.25) is 10.0 Å². The lowest BCUT2D eigenvalue weighted by atomic mass is 10.2. The third-order valence-electron chi connectivity index (χ3n) is 4.46. The van der Waals surface area contributed by atoms with Crippen molar-refractivity contribution in [1.82, 2.24) is 4.31 Å². The van der Waals surface area contributed by atoms with Crippen molar-refractivity contribution in [1.29, 1.82) is 0 Å². The molecule has 0 saturated carbocycles. The summed E-state index contributed by atoms with van der Waals surface area (Å²) in [6.45, 7) is 2.71. The smallest absolute Gasteiger partial charge is 0.339 e. The molecule has 1 atom stereocenters. The number of benzene rings is 2. The van der Waals surface area contributed by atoms with Crippen LogP contribution in [0.5, 0.6) is 5.75 Å². The molecule has 2 N–H and O–H groups in total. The molecule has 0 aliphatic carbocycles. The van der Waals surface area contributed by atoms with Crippen LogP contribution in [0.15, 0.2) is 53.4 Å². The quantitative estimate of drug-likeness (QED) is 0.662. The molecule has 2 aromatic rings. The highest BCUT2D eigenvalue weighted by Crippen LogP contribution is 2.20. The van der Waals surface area contributed by atoms with Gasteiger partial charge in [0.15, 0.2) is 6.10 Å². The molecule has 1 heterocycles. The van der Waals surface area contributed by atoms with Gasteiger partial charge in [-0.15, -0.1) is 0 Å². The Hall–Kier alpha value is -2.95. The van der Waals surface area contributed by atoms with Crippen LogP contribution in [0.4, 0.5) is 5.69 Å². The summed E-state index contributed by atoms with van der Waals surface area (Å²) in [5, 5.41) is 12.0. The lowest BCUT2D eigenvalue weighted by Crippen LogP contribution is -2.40. The van der Waals surface area contributed by atoms with Crippen molar-refractivity contribution in [2.75, 3.05) is 31.6 Å². The number of hydrogen-bond donors (Lipinski definition) is 2. The van der Waals surface area contributed by atoms with Crippen LogP contribution in [0, 0.1) is 0 Å². The average Bonchev–Trinajstić information content (AvgIpc) is 2.74. The minimum absolute atomic E-state index is 0.0892. The van der Waals surface area contributed by atoms with Gasteiger partial charge in [0, 0.05) is 18.8 Å². The van der Waals surface area contributed by atoms with E-state index >= 15 is 0 Å². The van der Waals surface area contributed by atoms with Crippen molar-refractivity contribution >= 4 is 27.6 Å². The van der Waals surface area contributed by atoms with Gasteiger partial charge >= 0.3 is 5.97 Å². The number of esters is 1. The van der Waals surface area contributed by atoms with Crippen molar-refractivity contribution in [2.45, 2.75) is 17.9 Å². The normalized spacial score (nSPS) is 15.9. The predicted octanol–water partition coefficient (Wildman–Crippen LogP) is 1.60. The number of nitrogens with one attached hydrogen (secondary N) is 1. The number of anilines is 1. The summed E-state index contributed by atoms with van der Waals surface area (Å²) in [6, 6.07) is 11.3. The number of carbonyl (C=O) groups excluding carboxylic acids is 2. The van der Waals surface area contributed by atoms with Crippen LogP contribution >= 0.6 is 0 Å². The van der Waals surface area contributed by atoms with E-state index < -0.39 is 28.0 Å². The molecule has 1 aliphatic rings. The molecule has 9 nitrogen and oxygen atoms in total. The second-order valence-electron chi connectivity index (χ2n) is 6.63. The third kappa shape index (κ3) is 5.15. The number of nitrogens with zero attached hydrogens (tertiary/aromatic N) is 1. The SMILES string of the molecule is CC(OC(=O)c1cccc(O)c1)C(=O)Nc1ccc(S(=O)(=O)N2CCOCC2)cc1. The number of sulfonamides is 1. The van der Waals surface area contributed by atoms with Gasteiger partial charge in [0.05, 0.1) is 23.7 Å². The van der Waals surface area contributed by atoms with Crippen molar-refractivity contribution in [3.63, 3.8) is 0 Å². The van der Waals surface area contributed by atoms with E-state index in [4.69, 9.17) is 9.47 Å². The Balaban J connectivity index is 1.60. The van der Waals surface area contributed by atoms with Crippen molar-refractivity contribution in [3.8, 4) is 5.75 Å². The standard InChI is InChI=1S/C20H22N2O7S/c1-14(29-20(25)15-3-2-4-17(23)13-15)19(24)21-16-5-7-18(8-6-16)30(26,27)22-9-11-28-12-10-22/h2-8,13-14,23H,9-12H2,1H3,(H,21,24). The van der Waals surface area contributed by atoms with Crippen LogP contribution in [0.1, 0.15) is 17.3 Å². The lowest BCUT2D eigenvalue weighted by molar-refractivity contribution is -0.123. The van der Waals surface area contributed by atoms with Crippen molar-refractivity contribution < 1.29 is 32.6 Å². The Bertz CT molecular complexity index is 1020. The Morgan fingerprint density at radius 2 is 1.80 bits per heavy atom. The summed E-state index contributed by atoms with van der Waals surface area (Å²) < 4.78 is 36.9. The number of morpholine rings is 1. The summed E-state index contributed by atoms with van der Waals surface area (Å²) in [4.78, 5) is 24.5. The topological polar surface area (TPSA) is 122 Å². The molecular weight excluding hydrogens is 412 g/mol. The second kappa shape index (κ2) is 9.24. The second-order valence-corrected chi connectivity index (χ2v) is 8.57. The Morgan fingerprint density at radius 3 is 2.43 bits per heavy atom. The molecule has 1 aliphatic heterocycles. The van der Waals surface area contributed by atoms with Gasteiger partial charge in [-0.05, 0) is 49.4 Å². The molecule has 1 unspecified atom stereocenters. The van der Waals surface area contributed by atoms with E-state index in [2.05, 4.69) is 5.32 Å². The fourth-order valence-corrected chi connectivity index (χ4v) is 4.21. The minimum atomic E-state index is -3.62. The van der Waals surface area contributed by atoms with Crippen LogP contribution in [0.3, 0.4) is 0 Å². The van der Waals surface area contributed by atoms with E-state index in [9.17, 15) is 23.1 Å². The Labute approximate surface area is 174 Å². The largest absolute Gasteiger partial charge is 0.508 e. The van der Waals surface area contributed by atoms with Gasteiger partial charge < -0.3 is 19.9 Å². The summed E-state index contributed by atoms with van der Waals surface area (Å²) in [7, 11) is -3.62. The van der Waals surface area contributed by atoms with E-state index in [-0.39, 0.29) is 16.2 Å². The summed E-state index contributed by atoms with van der Waals surface area (Å²) in [6.07, 6.45) is -1.10. The average molecular weight is 434 g/mol. The fraction of sp³-hybridized carbons (Fsp3) is 0.300. The zero-order chi connectivity index (χ0) is 21.7. The first-order valence-corrected chi connectivity index (χ1v) is 10.7. The first-order valence-electron chi connectivity index (χ1n) is 9.26. The molecule has 0 spiro atoms. The summed E-state index contributed by atoms with van der Waals surface area (Å²) >= 11 is 0. The molecule has 1 saturated heterocycles. The zero-order valence-corrected chi connectivity index (χ0v) is 17.1. The molecular formula is C20H22N2O7S. The van der Waals surface area contributed by atoms with E-state index in [1.165, 1.54) is 59.8 Å². The van der Waals surface area contributed by atoms with Crippen LogP contribution in [0.25, 0.3) is 0 Å². The van der Waals surface area contributed by atoms with Gasteiger partial charge in [-0.3, -0.25) is 4.79 Å². The van der Waals surface area contributed by atoms with Gasteiger partial charge in [0.1, 0.15) is 5.75 Å². The monoisotopic (exact) mass is 434 g/mol. The summed E-state index contributed by atoms with van der Waals surface area (Å²) in [5.41, 5.74) is 0.480. The number of phenols is 1. The molecule has 1 amide bonds. The first-order chi connectivity index (χ1) is 14.3. The Morgan fingerprint density at radius 1 is 1.13 bits per heavy atom. The molecule has 30 heavy (non-hydrogen) atoms. The lowest BCUT2D eigenvalue weighted by Gasteiger charge is -2.26. The number of carbonyl (C=O) groups is 2. The van der Waals surface area contributed by atoms with E-state index in [0.717, 1.165) is 0 Å². The molecule has 1 fully saturated rings. The summed E-state index contributed by atoms with van der Waals surface area (Å²) in [5.74, 6) is -1.42. The fourth-order valence-electron chi connectivity index (χ4n) is 2.81. The number of aromatic hydroxyl groups is 1. The number of amides is 1. The highest BCUT2D eigenvalue weighted by atomic mass is 32.2. The van der Waals surface area contributed by atoms with Crippen molar-refractivity contribution in [2.24, 2.45) is 0 Å². The predicted molar refractivity (Wildman–Crippen MR) is 108 cm³/mol. The minimum Gasteiger partial charge on any atom is -0.508 e. The maximum atomic E-state index is 12.6. The molecule has 0 aromatic heterocycles. The highest BCUT2D eigenvalue weighted by molar-refractivity contribution is 7.89. The number of phenolic OH excluding ortho intramolecular Hbond substituents is 1. The molecule has 0 radical (unpaired) electrons. The first kappa shape index (κ1) is 21.8. The van der Waals surface area contributed by atoms with Crippen LogP contribution in [-0.4, -0.2) is 62.1 Å².